The normalized spacial score (nSPS) is 18.0. The molecule has 6 heteroatoms. The minimum absolute atomic E-state index is 0.0826. The molecule has 1 aromatic heterocycles. The highest BCUT2D eigenvalue weighted by Gasteiger charge is 2.39. The Morgan fingerprint density at radius 3 is 2.65 bits per heavy atom. The molecule has 2 N–H and O–H groups in total. The first-order valence-electron chi connectivity index (χ1n) is 10.5. The lowest BCUT2D eigenvalue weighted by molar-refractivity contribution is -0.116. The molecule has 0 radical (unpaired) electrons. The van der Waals surface area contributed by atoms with E-state index in [1.807, 2.05) is 60.7 Å². The largest absolute Gasteiger partial charge is 0.467 e. The van der Waals surface area contributed by atoms with Gasteiger partial charge in [-0.25, -0.2) is 4.79 Å². The maximum absolute atomic E-state index is 13.6. The van der Waals surface area contributed by atoms with Crippen molar-refractivity contribution in [1.82, 2.24) is 5.32 Å². The number of nitrogens with zero attached hydrogens (tertiary/aromatic N) is 1. The number of allylic oxidation sites excluding steroid dienone is 1. The number of amides is 2. The molecule has 0 saturated carbocycles. The van der Waals surface area contributed by atoms with Crippen LogP contribution in [0.2, 0.25) is 0 Å². The first kappa shape index (κ1) is 19.2. The summed E-state index contributed by atoms with van der Waals surface area (Å²) in [5.74, 6) is 0.749. The van der Waals surface area contributed by atoms with Gasteiger partial charge in [-0.1, -0.05) is 42.5 Å². The molecule has 0 bridgehead atoms. The fraction of sp³-hybridized carbons (Fsp3) is 0.200. The van der Waals surface area contributed by atoms with Gasteiger partial charge >= 0.3 is 6.03 Å². The Balaban J connectivity index is 1.64. The third-order valence-corrected chi connectivity index (χ3v) is 5.76. The summed E-state index contributed by atoms with van der Waals surface area (Å²) in [5.41, 5.74) is 4.02. The first-order chi connectivity index (χ1) is 15.2. The predicted octanol–water partition coefficient (Wildman–Crippen LogP) is 5.17. The van der Waals surface area contributed by atoms with Crippen molar-refractivity contribution in [2.24, 2.45) is 0 Å². The van der Waals surface area contributed by atoms with E-state index >= 15 is 0 Å². The van der Waals surface area contributed by atoms with Gasteiger partial charge in [-0.05, 0) is 42.7 Å². The van der Waals surface area contributed by atoms with E-state index in [1.54, 1.807) is 17.2 Å². The number of hydrogen-bond donors (Lipinski definition) is 2. The van der Waals surface area contributed by atoms with Crippen molar-refractivity contribution < 1.29 is 14.0 Å². The van der Waals surface area contributed by atoms with E-state index in [9.17, 15) is 9.59 Å². The molecular weight excluding hydrogens is 390 g/mol. The Hall–Kier alpha value is -3.80. The second-order valence-corrected chi connectivity index (χ2v) is 7.73. The molecule has 31 heavy (non-hydrogen) atoms. The number of hydrogen-bond acceptors (Lipinski definition) is 4. The molecule has 2 aliphatic rings. The third-order valence-electron chi connectivity index (χ3n) is 5.76. The monoisotopic (exact) mass is 413 g/mol. The fourth-order valence-corrected chi connectivity index (χ4v) is 4.37. The zero-order chi connectivity index (χ0) is 21.2. The molecular formula is C25H23N3O3. The van der Waals surface area contributed by atoms with Crippen LogP contribution in [0.5, 0.6) is 0 Å². The van der Waals surface area contributed by atoms with Gasteiger partial charge in [-0.3, -0.25) is 9.69 Å². The summed E-state index contributed by atoms with van der Waals surface area (Å²) in [4.78, 5) is 28.4. The van der Waals surface area contributed by atoms with Crippen LogP contribution < -0.4 is 15.5 Å². The Bertz CT molecular complexity index is 1140. The zero-order valence-corrected chi connectivity index (χ0v) is 17.0. The summed E-state index contributed by atoms with van der Waals surface area (Å²) in [7, 11) is 0. The highest BCUT2D eigenvalue weighted by atomic mass is 16.3. The van der Waals surface area contributed by atoms with Crippen LogP contribution >= 0.6 is 0 Å². The SMILES string of the molecule is O=C1CCCC2=C1[C@H](c1ccccc1)N(C(=O)NCc1ccco1)c1ccccc1N2. The zero-order valence-electron chi connectivity index (χ0n) is 17.0. The van der Waals surface area contributed by atoms with Crippen LogP contribution in [-0.4, -0.2) is 11.8 Å². The number of para-hydroxylation sites is 2. The smallest absolute Gasteiger partial charge is 0.323 e. The summed E-state index contributed by atoms with van der Waals surface area (Å²) < 4.78 is 5.37. The quantitative estimate of drug-likeness (QED) is 0.621. The van der Waals surface area contributed by atoms with Gasteiger partial charge in [0.2, 0.25) is 0 Å². The molecule has 3 aromatic rings. The molecule has 1 aliphatic heterocycles. The number of anilines is 2. The van der Waals surface area contributed by atoms with Crippen LogP contribution in [0.25, 0.3) is 0 Å². The number of urea groups is 1. The van der Waals surface area contributed by atoms with Crippen LogP contribution in [-0.2, 0) is 11.3 Å². The maximum Gasteiger partial charge on any atom is 0.323 e. The molecule has 1 aliphatic carbocycles. The Morgan fingerprint density at radius 2 is 1.84 bits per heavy atom. The standard InChI is InChI=1S/C25H23N3O3/c29-22-14-6-12-20-23(22)24(17-8-2-1-3-9-17)28(21-13-5-4-11-19(21)27-20)25(30)26-16-18-10-7-15-31-18/h1-5,7-11,13,15,24,27H,6,12,14,16H2,(H,26,30)/t24-/m0/s1. The average Bonchev–Trinajstić information content (AvgIpc) is 3.26. The minimum atomic E-state index is -0.517. The molecule has 2 aromatic carbocycles. The minimum Gasteiger partial charge on any atom is -0.467 e. The van der Waals surface area contributed by atoms with Gasteiger partial charge in [0, 0.05) is 17.7 Å². The van der Waals surface area contributed by atoms with Gasteiger partial charge in [0.25, 0.3) is 0 Å². The molecule has 0 fully saturated rings. The number of nitrogens with one attached hydrogen (secondary N) is 2. The number of rotatable bonds is 3. The van der Waals surface area contributed by atoms with Gasteiger partial charge < -0.3 is 15.1 Å². The lowest BCUT2D eigenvalue weighted by Gasteiger charge is -2.33. The summed E-state index contributed by atoms with van der Waals surface area (Å²) in [5, 5.41) is 6.43. The molecule has 0 unspecified atom stereocenters. The predicted molar refractivity (Wildman–Crippen MR) is 119 cm³/mol. The summed E-state index contributed by atoms with van der Waals surface area (Å²) >= 11 is 0. The number of benzene rings is 2. The van der Waals surface area contributed by atoms with E-state index in [2.05, 4.69) is 10.6 Å². The second kappa shape index (κ2) is 8.14. The van der Waals surface area contributed by atoms with Crippen LogP contribution in [0.1, 0.15) is 36.6 Å². The van der Waals surface area contributed by atoms with Gasteiger partial charge in [0.1, 0.15) is 5.76 Å². The van der Waals surface area contributed by atoms with Crippen molar-refractivity contribution in [2.75, 3.05) is 10.2 Å². The van der Waals surface area contributed by atoms with E-state index in [0.717, 1.165) is 35.5 Å². The molecule has 1 atom stereocenters. The van der Waals surface area contributed by atoms with E-state index in [1.165, 1.54) is 0 Å². The van der Waals surface area contributed by atoms with Crippen molar-refractivity contribution in [1.29, 1.82) is 0 Å². The maximum atomic E-state index is 13.6. The summed E-state index contributed by atoms with van der Waals surface area (Å²) in [6, 6.07) is 20.2. The van der Waals surface area contributed by atoms with Crippen molar-refractivity contribution in [2.45, 2.75) is 31.8 Å². The Morgan fingerprint density at radius 1 is 1.03 bits per heavy atom. The second-order valence-electron chi connectivity index (χ2n) is 7.73. The fourth-order valence-electron chi connectivity index (χ4n) is 4.37. The highest BCUT2D eigenvalue weighted by Crippen LogP contribution is 2.44. The topological polar surface area (TPSA) is 74.6 Å². The van der Waals surface area contributed by atoms with Crippen molar-refractivity contribution in [3.8, 4) is 0 Å². The molecule has 2 heterocycles. The molecule has 2 amide bonds. The Kier molecular flexibility index (Phi) is 5.04. The molecule has 6 nitrogen and oxygen atoms in total. The number of carbonyl (C=O) groups is 2. The summed E-state index contributed by atoms with van der Waals surface area (Å²) in [6.07, 6.45) is 3.65. The van der Waals surface area contributed by atoms with Crippen LogP contribution in [0, 0.1) is 0 Å². The number of carbonyl (C=O) groups excluding carboxylic acids is 2. The van der Waals surface area contributed by atoms with Crippen molar-refractivity contribution in [3.05, 3.63) is 95.6 Å². The van der Waals surface area contributed by atoms with E-state index in [4.69, 9.17) is 4.42 Å². The average molecular weight is 413 g/mol. The number of furan rings is 1. The van der Waals surface area contributed by atoms with Gasteiger partial charge in [0.05, 0.1) is 30.2 Å². The lowest BCUT2D eigenvalue weighted by atomic mass is 9.86. The summed E-state index contributed by atoms with van der Waals surface area (Å²) in [6.45, 7) is 0.263. The van der Waals surface area contributed by atoms with Gasteiger partial charge in [-0.2, -0.15) is 0 Å². The van der Waals surface area contributed by atoms with Crippen LogP contribution in [0.4, 0.5) is 16.2 Å². The van der Waals surface area contributed by atoms with E-state index in [-0.39, 0.29) is 18.4 Å². The van der Waals surface area contributed by atoms with E-state index < -0.39 is 6.04 Å². The molecule has 0 saturated heterocycles. The highest BCUT2D eigenvalue weighted by molar-refractivity contribution is 6.05. The van der Waals surface area contributed by atoms with Crippen molar-refractivity contribution in [3.63, 3.8) is 0 Å². The molecule has 5 rings (SSSR count). The van der Waals surface area contributed by atoms with Crippen molar-refractivity contribution >= 4 is 23.2 Å². The number of ketones is 1. The van der Waals surface area contributed by atoms with E-state index in [0.29, 0.717) is 17.8 Å². The lowest BCUT2D eigenvalue weighted by Crippen LogP contribution is -2.43. The third kappa shape index (κ3) is 3.61. The molecule has 156 valence electrons. The molecule has 0 spiro atoms. The van der Waals surface area contributed by atoms with Crippen LogP contribution in [0.15, 0.2) is 88.7 Å². The van der Waals surface area contributed by atoms with Gasteiger partial charge in [-0.15, -0.1) is 0 Å². The Labute approximate surface area is 180 Å². The van der Waals surface area contributed by atoms with Crippen LogP contribution in [0.3, 0.4) is 0 Å². The number of fused-ring (bicyclic) bond motifs is 1. The van der Waals surface area contributed by atoms with Gasteiger partial charge in [0.15, 0.2) is 5.78 Å². The first-order valence-corrected chi connectivity index (χ1v) is 10.5. The number of Topliss-reactive ketones (excluding diaryl/α,β-unsaturated/α-hetero) is 1.